The van der Waals surface area contributed by atoms with Crippen LogP contribution in [0.4, 0.5) is 0 Å². The third-order valence-electron chi connectivity index (χ3n) is 1.72. The minimum Gasteiger partial charge on any atom is -0.466 e. The lowest BCUT2D eigenvalue weighted by Gasteiger charge is -1.96. The topological polar surface area (TPSA) is 83.8 Å². The lowest BCUT2D eigenvalue weighted by atomic mass is 10.3. The number of aliphatic hydroxyl groups excluding tert-OH is 2. The summed E-state index contributed by atoms with van der Waals surface area (Å²) >= 11 is 0. The highest BCUT2D eigenvalue weighted by atomic mass is 16.5. The molecule has 0 aromatic heterocycles. The number of rotatable bonds is 7. The van der Waals surface area contributed by atoms with Crippen LogP contribution < -0.4 is 0 Å². The predicted molar refractivity (Wildman–Crippen MR) is 75.9 cm³/mol. The maximum Gasteiger partial charge on any atom is 0.313 e. The van der Waals surface area contributed by atoms with Crippen molar-refractivity contribution in [2.75, 3.05) is 19.8 Å². The van der Waals surface area contributed by atoms with Crippen molar-refractivity contribution >= 4 is 11.8 Å². The van der Waals surface area contributed by atoms with E-state index in [2.05, 4.69) is 18.6 Å². The molecule has 0 aromatic rings. The van der Waals surface area contributed by atoms with E-state index in [0.717, 1.165) is 25.7 Å². The Balaban J connectivity index is -0.000000219. The molecule has 0 saturated heterocycles. The van der Waals surface area contributed by atoms with Crippen LogP contribution in [0.2, 0.25) is 0 Å². The van der Waals surface area contributed by atoms with Crippen LogP contribution in [0.5, 0.6) is 0 Å². The highest BCUT2D eigenvalue weighted by Crippen LogP contribution is 1.86. The molecule has 2 N–H and O–H groups in total. The van der Waals surface area contributed by atoms with Gasteiger partial charge in [-0.3, -0.25) is 9.59 Å². The van der Waals surface area contributed by atoms with Crippen LogP contribution in [0.1, 0.15) is 59.8 Å². The second-order valence-electron chi connectivity index (χ2n) is 3.84. The van der Waals surface area contributed by atoms with Gasteiger partial charge in [-0.25, -0.2) is 0 Å². The quantitative estimate of drug-likeness (QED) is 0.550. The largest absolute Gasteiger partial charge is 0.466 e. The number of aliphatic hydroxyl groups is 2. The molecule has 19 heavy (non-hydrogen) atoms. The van der Waals surface area contributed by atoms with Crippen molar-refractivity contribution in [2.45, 2.75) is 59.8 Å². The first-order valence-corrected chi connectivity index (χ1v) is 6.86. The Bertz CT molecular complexity index is 182. The normalized spacial score (nSPS) is 8.53. The van der Waals surface area contributed by atoms with Gasteiger partial charge < -0.3 is 14.9 Å². The Morgan fingerprint density at radius 1 is 0.947 bits per heavy atom. The van der Waals surface area contributed by atoms with Crippen molar-refractivity contribution in [3.05, 3.63) is 0 Å². The highest BCUT2D eigenvalue weighted by molar-refractivity contribution is 5.94. The Morgan fingerprint density at radius 3 is 1.53 bits per heavy atom. The van der Waals surface area contributed by atoms with Gasteiger partial charge in [-0.15, -0.1) is 0 Å². The summed E-state index contributed by atoms with van der Waals surface area (Å²) in [6, 6.07) is 0. The van der Waals surface area contributed by atoms with Crippen molar-refractivity contribution in [3.63, 3.8) is 0 Å². The molecule has 0 rings (SSSR count). The van der Waals surface area contributed by atoms with Crippen LogP contribution in [0.15, 0.2) is 0 Å². The lowest BCUT2D eigenvalue weighted by Crippen LogP contribution is -2.07. The number of unbranched alkanes of at least 4 members (excludes halogenated alkanes) is 2. The third-order valence-corrected chi connectivity index (χ3v) is 1.72. The van der Waals surface area contributed by atoms with Gasteiger partial charge in [0, 0.05) is 13.2 Å². The first-order valence-electron chi connectivity index (χ1n) is 6.86. The van der Waals surface area contributed by atoms with E-state index in [1.54, 1.807) is 6.92 Å². The molecule has 0 saturated carbocycles. The molecule has 0 aromatic carbocycles. The van der Waals surface area contributed by atoms with Crippen LogP contribution >= 0.6 is 0 Å². The Morgan fingerprint density at radius 2 is 1.37 bits per heavy atom. The first kappa shape index (κ1) is 23.2. The van der Waals surface area contributed by atoms with Gasteiger partial charge in [0.15, 0.2) is 0 Å². The van der Waals surface area contributed by atoms with Crippen molar-refractivity contribution in [1.29, 1.82) is 0 Å². The lowest BCUT2D eigenvalue weighted by molar-refractivity contribution is -0.145. The van der Waals surface area contributed by atoms with E-state index in [1.807, 2.05) is 0 Å². The minimum absolute atomic E-state index is 0.103. The number of Topliss-reactive ketones (excluding diaryl/α,β-unsaturated/α-hetero) is 1. The van der Waals surface area contributed by atoms with Crippen LogP contribution in [0.25, 0.3) is 0 Å². The monoisotopic (exact) mass is 278 g/mol. The Labute approximate surface area is 117 Å². The Kier molecular flexibility index (Phi) is 27.2. The molecule has 0 heterocycles. The number of carbonyl (C=O) groups excluding carboxylic acids is 2. The standard InChI is InChI=1S/C6H10O3.2C4H10O/c1-3-9-6(8)4-5(2)7;2*1-2-3-4-5/h3-4H2,1-2H3;2*5H,2-4H2,1H3. The molecule has 0 aliphatic heterocycles. The summed E-state index contributed by atoms with van der Waals surface area (Å²) in [4.78, 5) is 20.6. The van der Waals surface area contributed by atoms with E-state index in [-0.39, 0.29) is 12.2 Å². The predicted octanol–water partition coefficient (Wildman–Crippen LogP) is 2.09. The molecule has 0 unspecified atom stereocenters. The minimum atomic E-state index is -0.440. The van der Waals surface area contributed by atoms with E-state index in [4.69, 9.17) is 10.2 Å². The molecular weight excluding hydrogens is 248 g/mol. The van der Waals surface area contributed by atoms with Gasteiger partial charge in [0.1, 0.15) is 12.2 Å². The van der Waals surface area contributed by atoms with Gasteiger partial charge in [0.25, 0.3) is 0 Å². The molecule has 116 valence electrons. The number of ether oxygens (including phenoxy) is 1. The van der Waals surface area contributed by atoms with E-state index in [9.17, 15) is 9.59 Å². The summed E-state index contributed by atoms with van der Waals surface area (Å²) in [6.45, 7) is 8.19. The molecule has 0 aliphatic rings. The molecule has 5 nitrogen and oxygen atoms in total. The number of ketones is 1. The fourth-order valence-corrected chi connectivity index (χ4v) is 0.732. The number of carbonyl (C=O) groups is 2. The zero-order chi connectivity index (χ0) is 15.5. The summed E-state index contributed by atoms with van der Waals surface area (Å²) < 4.78 is 4.49. The zero-order valence-electron chi connectivity index (χ0n) is 12.8. The SMILES string of the molecule is CCCCO.CCCCO.CCOC(=O)CC(C)=O. The van der Waals surface area contributed by atoms with E-state index >= 15 is 0 Å². The molecule has 5 heteroatoms. The maximum atomic E-state index is 10.4. The van der Waals surface area contributed by atoms with Gasteiger partial charge in [-0.2, -0.15) is 0 Å². The van der Waals surface area contributed by atoms with Crippen LogP contribution in [-0.4, -0.2) is 41.8 Å². The average molecular weight is 278 g/mol. The molecule has 0 aliphatic carbocycles. The van der Waals surface area contributed by atoms with Crippen LogP contribution in [0, 0.1) is 0 Å². The van der Waals surface area contributed by atoms with Crippen LogP contribution in [0.3, 0.4) is 0 Å². The first-order chi connectivity index (χ1) is 8.99. The molecule has 0 radical (unpaired) electrons. The van der Waals surface area contributed by atoms with Gasteiger partial charge >= 0.3 is 5.97 Å². The van der Waals surface area contributed by atoms with Crippen molar-refractivity contribution < 1.29 is 24.5 Å². The van der Waals surface area contributed by atoms with Gasteiger partial charge in [-0.1, -0.05) is 26.7 Å². The summed E-state index contributed by atoms with van der Waals surface area (Å²) in [5, 5.41) is 16.1. The van der Waals surface area contributed by atoms with Crippen molar-refractivity contribution in [2.24, 2.45) is 0 Å². The summed E-state index contributed by atoms with van der Waals surface area (Å²) in [6.07, 6.45) is 3.97. The van der Waals surface area contributed by atoms with E-state index < -0.39 is 5.97 Å². The average Bonchev–Trinajstić information content (AvgIpc) is 2.32. The molecule has 0 bridgehead atoms. The Hall–Kier alpha value is -0.940. The van der Waals surface area contributed by atoms with E-state index in [0.29, 0.717) is 19.8 Å². The third kappa shape index (κ3) is 38.2. The number of esters is 1. The highest BCUT2D eigenvalue weighted by Gasteiger charge is 2.03. The van der Waals surface area contributed by atoms with Crippen molar-refractivity contribution in [3.8, 4) is 0 Å². The molecular formula is C14H30O5. The molecule has 0 amide bonds. The van der Waals surface area contributed by atoms with Gasteiger partial charge in [0.2, 0.25) is 0 Å². The summed E-state index contributed by atoms with van der Waals surface area (Å²) in [5.74, 6) is -0.599. The maximum absolute atomic E-state index is 10.4. The molecule has 0 atom stereocenters. The summed E-state index contributed by atoms with van der Waals surface area (Å²) in [5.41, 5.74) is 0. The summed E-state index contributed by atoms with van der Waals surface area (Å²) in [7, 11) is 0. The van der Waals surface area contributed by atoms with Crippen molar-refractivity contribution in [1.82, 2.24) is 0 Å². The smallest absolute Gasteiger partial charge is 0.313 e. The molecule has 0 spiro atoms. The fourth-order valence-electron chi connectivity index (χ4n) is 0.732. The number of hydrogen-bond acceptors (Lipinski definition) is 5. The second-order valence-corrected chi connectivity index (χ2v) is 3.84. The van der Waals surface area contributed by atoms with Gasteiger partial charge in [0.05, 0.1) is 6.61 Å². The zero-order valence-corrected chi connectivity index (χ0v) is 12.8. The molecule has 0 fully saturated rings. The van der Waals surface area contributed by atoms with Crippen LogP contribution in [-0.2, 0) is 14.3 Å². The fraction of sp³-hybridized carbons (Fsp3) is 0.857. The van der Waals surface area contributed by atoms with Gasteiger partial charge in [-0.05, 0) is 26.7 Å². The van der Waals surface area contributed by atoms with E-state index in [1.165, 1.54) is 6.92 Å². The number of hydrogen-bond donors (Lipinski definition) is 2. The second kappa shape index (κ2) is 22.3.